The molecular weight excluding hydrogens is 442 g/mol. The second-order valence-corrected chi connectivity index (χ2v) is 11.3. The first-order valence-electron chi connectivity index (χ1n) is 13.7. The molecule has 1 N–H and O–H groups in total. The van der Waals surface area contributed by atoms with E-state index in [0.717, 1.165) is 11.8 Å². The minimum absolute atomic E-state index is 0.108. The molecule has 4 aliphatic carbocycles. The smallest absolute Gasteiger partial charge is 0.315 e. The van der Waals surface area contributed by atoms with Crippen LogP contribution < -0.4 is 10.1 Å². The molecule has 7 heteroatoms. The number of amides is 1. The molecule has 0 aromatic carbocycles. The third kappa shape index (κ3) is 5.29. The second kappa shape index (κ2) is 10.8. The molecule has 0 aliphatic heterocycles. The molecule has 1 aromatic rings. The molecule has 4 saturated carbocycles. The lowest BCUT2D eigenvalue weighted by Crippen LogP contribution is -2.55. The molecule has 4 fully saturated rings. The van der Waals surface area contributed by atoms with E-state index in [2.05, 4.69) is 24.3 Å². The van der Waals surface area contributed by atoms with Gasteiger partial charge in [0, 0.05) is 12.2 Å². The Morgan fingerprint density at radius 1 is 1.11 bits per heavy atom. The summed E-state index contributed by atoms with van der Waals surface area (Å²) < 4.78 is 13.0. The zero-order valence-corrected chi connectivity index (χ0v) is 22.1. The molecule has 1 heterocycles. The predicted octanol–water partition coefficient (Wildman–Crippen LogP) is 5.31. The van der Waals surface area contributed by atoms with E-state index in [0.29, 0.717) is 55.3 Å². The molecule has 1 aromatic heterocycles. The average molecular weight is 486 g/mol. The van der Waals surface area contributed by atoms with Gasteiger partial charge in [0.1, 0.15) is 5.56 Å². The van der Waals surface area contributed by atoms with Crippen LogP contribution >= 0.6 is 0 Å². The third-order valence-electron chi connectivity index (χ3n) is 8.55. The fourth-order valence-electron chi connectivity index (χ4n) is 6.72. The van der Waals surface area contributed by atoms with Crippen molar-refractivity contribution in [3.63, 3.8) is 0 Å². The van der Waals surface area contributed by atoms with Crippen molar-refractivity contribution < 1.29 is 19.1 Å². The summed E-state index contributed by atoms with van der Waals surface area (Å²) in [6.45, 7) is 10.7. The monoisotopic (exact) mass is 485 g/mol. The van der Waals surface area contributed by atoms with Crippen LogP contribution in [0.15, 0.2) is 12.3 Å². The number of aromatic nitrogens is 2. The third-order valence-corrected chi connectivity index (χ3v) is 8.55. The molecule has 194 valence electrons. The summed E-state index contributed by atoms with van der Waals surface area (Å²) in [6, 6.07) is 0.254. The minimum Gasteiger partial charge on any atom is -0.477 e. The van der Waals surface area contributed by atoms with E-state index in [9.17, 15) is 9.59 Å². The fourth-order valence-corrected chi connectivity index (χ4v) is 6.72. The highest BCUT2D eigenvalue weighted by atomic mass is 16.5. The van der Waals surface area contributed by atoms with Gasteiger partial charge in [-0.05, 0) is 87.5 Å². The Morgan fingerprint density at radius 2 is 1.74 bits per heavy atom. The largest absolute Gasteiger partial charge is 0.477 e. The zero-order valence-electron chi connectivity index (χ0n) is 22.1. The first-order valence-corrected chi connectivity index (χ1v) is 13.7. The number of nitrogens with one attached hydrogen (secondary N) is 1. The van der Waals surface area contributed by atoms with Crippen LogP contribution in [0.4, 0.5) is 0 Å². The van der Waals surface area contributed by atoms with Crippen molar-refractivity contribution in [3.05, 3.63) is 17.8 Å². The van der Waals surface area contributed by atoms with Gasteiger partial charge >= 0.3 is 5.97 Å². The first-order chi connectivity index (χ1) is 16.8. The van der Waals surface area contributed by atoms with Crippen molar-refractivity contribution in [3.8, 4) is 5.88 Å². The van der Waals surface area contributed by atoms with Crippen LogP contribution in [0.5, 0.6) is 5.88 Å². The summed E-state index contributed by atoms with van der Waals surface area (Å²) in [5.41, 5.74) is -0.279. The van der Waals surface area contributed by atoms with E-state index in [4.69, 9.17) is 9.47 Å². The Labute approximate surface area is 210 Å². The Morgan fingerprint density at radius 3 is 2.29 bits per heavy atom. The maximum Gasteiger partial charge on any atom is 0.315 e. The number of hydrogen-bond donors (Lipinski definition) is 1. The number of nitrogens with zero attached hydrogens (tertiary/aromatic N) is 2. The van der Waals surface area contributed by atoms with Crippen LogP contribution in [-0.4, -0.2) is 40.9 Å². The second-order valence-electron chi connectivity index (χ2n) is 11.3. The molecule has 35 heavy (non-hydrogen) atoms. The van der Waals surface area contributed by atoms with Gasteiger partial charge in [-0.15, -0.1) is 0 Å². The predicted molar refractivity (Wildman–Crippen MR) is 136 cm³/mol. The molecule has 0 spiro atoms. The van der Waals surface area contributed by atoms with Crippen LogP contribution in [0.25, 0.3) is 6.20 Å². The van der Waals surface area contributed by atoms with Gasteiger partial charge in [-0.25, -0.2) is 4.68 Å². The lowest BCUT2D eigenvalue weighted by atomic mass is 9.54. The van der Waals surface area contributed by atoms with Crippen molar-refractivity contribution in [2.75, 3.05) is 13.2 Å². The number of carbonyl (C=O) groups is 2. The Kier molecular flexibility index (Phi) is 7.92. The van der Waals surface area contributed by atoms with Gasteiger partial charge < -0.3 is 14.8 Å². The van der Waals surface area contributed by atoms with Gasteiger partial charge in [-0.1, -0.05) is 27.7 Å². The Bertz CT molecular complexity index is 903. The van der Waals surface area contributed by atoms with Gasteiger partial charge in [0.05, 0.1) is 24.8 Å². The van der Waals surface area contributed by atoms with Gasteiger partial charge in [0.2, 0.25) is 5.88 Å². The topological polar surface area (TPSA) is 82.5 Å². The van der Waals surface area contributed by atoms with E-state index in [1.807, 2.05) is 26.8 Å². The molecule has 0 unspecified atom stereocenters. The van der Waals surface area contributed by atoms with Crippen molar-refractivity contribution in [1.82, 2.24) is 15.1 Å². The quantitative estimate of drug-likeness (QED) is 0.429. The van der Waals surface area contributed by atoms with E-state index in [-0.39, 0.29) is 17.9 Å². The average Bonchev–Trinajstić information content (AvgIpc) is 3.23. The summed E-state index contributed by atoms with van der Waals surface area (Å²) >= 11 is 0. The van der Waals surface area contributed by atoms with Gasteiger partial charge in [0.25, 0.3) is 5.91 Å². The number of carbonyl (C=O) groups excluding carboxylic acids is 2. The summed E-state index contributed by atoms with van der Waals surface area (Å²) in [7, 11) is 0. The molecule has 0 saturated heterocycles. The Balaban J connectivity index is 1.56. The van der Waals surface area contributed by atoms with Crippen molar-refractivity contribution in [2.45, 2.75) is 85.6 Å². The normalized spacial score (nSPS) is 27.5. The van der Waals surface area contributed by atoms with E-state index < -0.39 is 5.41 Å². The number of rotatable bonds is 11. The SMILES string of the molecule is CCOC(=O)C(/C=C/n1ncc(C(=O)NC2C3CC4CC(C3)CC2C4)c1OCC(C)C)(CC)CC. The van der Waals surface area contributed by atoms with Crippen molar-refractivity contribution in [2.24, 2.45) is 35.0 Å². The lowest BCUT2D eigenvalue weighted by Gasteiger charge is -2.54. The van der Waals surface area contributed by atoms with Crippen LogP contribution in [0.1, 0.15) is 89.9 Å². The summed E-state index contributed by atoms with van der Waals surface area (Å²) in [6.07, 6.45) is 12.8. The molecule has 4 bridgehead atoms. The number of ether oxygens (including phenoxy) is 2. The fraction of sp³-hybridized carbons (Fsp3) is 0.750. The first kappa shape index (κ1) is 25.8. The van der Waals surface area contributed by atoms with Crippen LogP contribution in [-0.2, 0) is 9.53 Å². The molecule has 5 rings (SSSR count). The summed E-state index contributed by atoms with van der Waals surface area (Å²) in [5, 5.41) is 7.85. The number of esters is 1. The molecular formula is C28H43N3O4. The van der Waals surface area contributed by atoms with Crippen LogP contribution in [0, 0.1) is 35.0 Å². The molecule has 0 radical (unpaired) electrons. The highest BCUT2D eigenvalue weighted by Crippen LogP contribution is 2.53. The van der Waals surface area contributed by atoms with Gasteiger partial charge in [-0.3, -0.25) is 9.59 Å². The summed E-state index contributed by atoms with van der Waals surface area (Å²) in [5.74, 6) is 3.31. The lowest BCUT2D eigenvalue weighted by molar-refractivity contribution is -0.152. The van der Waals surface area contributed by atoms with E-state index >= 15 is 0 Å². The van der Waals surface area contributed by atoms with Crippen LogP contribution in [0.3, 0.4) is 0 Å². The standard InChI is InChI=1S/C28H43N3O4/c1-6-28(7-2,27(33)34-8-3)9-10-31-26(35-17-18(4)5)23(16-29-31)25(32)30-24-21-12-19-11-20(14-21)15-22(24)13-19/h9-10,16,18-22,24H,6-8,11-15,17H2,1-5H3,(H,30,32)/b10-9+. The maximum atomic E-state index is 13.5. The highest BCUT2D eigenvalue weighted by molar-refractivity contribution is 5.96. The highest BCUT2D eigenvalue weighted by Gasteiger charge is 2.48. The van der Waals surface area contributed by atoms with E-state index in [1.165, 1.54) is 32.1 Å². The molecule has 4 aliphatic rings. The Hall–Kier alpha value is -2.31. The van der Waals surface area contributed by atoms with Gasteiger partial charge in [-0.2, -0.15) is 5.10 Å². The van der Waals surface area contributed by atoms with Crippen LogP contribution in [0.2, 0.25) is 0 Å². The zero-order chi connectivity index (χ0) is 25.2. The minimum atomic E-state index is -0.736. The molecule has 7 nitrogen and oxygen atoms in total. The van der Waals surface area contributed by atoms with Gasteiger partial charge in [0.15, 0.2) is 0 Å². The molecule has 1 amide bonds. The van der Waals surface area contributed by atoms with E-state index in [1.54, 1.807) is 17.1 Å². The summed E-state index contributed by atoms with van der Waals surface area (Å²) in [4.78, 5) is 26.2. The van der Waals surface area contributed by atoms with Crippen molar-refractivity contribution >= 4 is 18.1 Å². The number of hydrogen-bond acceptors (Lipinski definition) is 5. The maximum absolute atomic E-state index is 13.5. The van der Waals surface area contributed by atoms with Crippen molar-refractivity contribution in [1.29, 1.82) is 0 Å². The molecule has 0 atom stereocenters.